The fourth-order valence-electron chi connectivity index (χ4n) is 2.72. The summed E-state index contributed by atoms with van der Waals surface area (Å²) < 4.78 is 7.76. The number of aryl methyl sites for hydroxylation is 2. The van der Waals surface area contributed by atoms with E-state index in [9.17, 15) is 0 Å². The van der Waals surface area contributed by atoms with Gasteiger partial charge in [-0.1, -0.05) is 0 Å². The van der Waals surface area contributed by atoms with Crippen molar-refractivity contribution in [3.63, 3.8) is 0 Å². The Morgan fingerprint density at radius 3 is 2.82 bits per heavy atom. The fraction of sp³-hybridized carbons (Fsp3) is 0.353. The quantitative estimate of drug-likeness (QED) is 0.747. The van der Waals surface area contributed by atoms with Crippen molar-refractivity contribution in [2.45, 2.75) is 34.2 Å². The number of aromatic nitrogens is 2. The average Bonchev–Trinajstić information content (AvgIpc) is 3.17. The molecule has 0 atom stereocenters. The van der Waals surface area contributed by atoms with E-state index in [4.69, 9.17) is 9.40 Å². The first-order chi connectivity index (χ1) is 10.6. The van der Waals surface area contributed by atoms with E-state index >= 15 is 0 Å². The second kappa shape index (κ2) is 6.01. The number of anilines is 1. The minimum Gasteiger partial charge on any atom is -0.467 e. The molecule has 0 bridgehead atoms. The average molecular weight is 315 g/mol. The van der Waals surface area contributed by atoms with E-state index in [1.54, 1.807) is 17.6 Å². The minimum atomic E-state index is 0.758. The standard InChI is InChI=1S/C17H21N3OS/c1-5-18-17-19-16(13(4)22-17)15-9-11(2)20(12(15)3)10-14-7-6-8-21-14/h6-9H,5,10H2,1-4H3,(H,18,19). The Morgan fingerprint density at radius 1 is 1.32 bits per heavy atom. The molecule has 116 valence electrons. The van der Waals surface area contributed by atoms with Gasteiger partial charge in [-0.15, -0.1) is 11.3 Å². The molecule has 1 N–H and O–H groups in total. The topological polar surface area (TPSA) is 43.0 Å². The summed E-state index contributed by atoms with van der Waals surface area (Å²) in [7, 11) is 0. The molecule has 0 amide bonds. The molecule has 3 aromatic heterocycles. The maximum atomic E-state index is 5.48. The van der Waals surface area contributed by atoms with E-state index in [0.717, 1.165) is 29.7 Å². The molecule has 0 aromatic carbocycles. The van der Waals surface area contributed by atoms with Crippen LogP contribution in [-0.4, -0.2) is 16.1 Å². The van der Waals surface area contributed by atoms with Crippen molar-refractivity contribution in [3.8, 4) is 11.3 Å². The van der Waals surface area contributed by atoms with E-state index in [2.05, 4.69) is 43.6 Å². The largest absolute Gasteiger partial charge is 0.467 e. The van der Waals surface area contributed by atoms with Crippen LogP contribution in [-0.2, 0) is 6.54 Å². The zero-order chi connectivity index (χ0) is 15.7. The van der Waals surface area contributed by atoms with Gasteiger partial charge in [0.05, 0.1) is 18.5 Å². The highest BCUT2D eigenvalue weighted by atomic mass is 32.1. The summed E-state index contributed by atoms with van der Waals surface area (Å²) in [5.41, 5.74) is 4.74. The Labute approximate surface area is 134 Å². The summed E-state index contributed by atoms with van der Waals surface area (Å²) in [6, 6.07) is 6.16. The van der Waals surface area contributed by atoms with Crippen molar-refractivity contribution >= 4 is 16.5 Å². The minimum absolute atomic E-state index is 0.758. The number of furan rings is 1. The van der Waals surface area contributed by atoms with Gasteiger partial charge in [-0.3, -0.25) is 0 Å². The van der Waals surface area contributed by atoms with Crippen LogP contribution in [0.4, 0.5) is 5.13 Å². The number of nitrogens with zero attached hydrogens (tertiary/aromatic N) is 2. The van der Waals surface area contributed by atoms with Gasteiger partial charge >= 0.3 is 0 Å². The zero-order valence-electron chi connectivity index (χ0n) is 13.4. The SMILES string of the molecule is CCNc1nc(-c2cc(C)n(Cc3ccco3)c2C)c(C)s1. The predicted molar refractivity (Wildman–Crippen MR) is 91.7 cm³/mol. The van der Waals surface area contributed by atoms with Gasteiger partial charge < -0.3 is 14.3 Å². The first-order valence-electron chi connectivity index (χ1n) is 7.51. The van der Waals surface area contributed by atoms with E-state index in [1.807, 2.05) is 12.1 Å². The van der Waals surface area contributed by atoms with Crippen LogP contribution in [0.15, 0.2) is 28.9 Å². The monoisotopic (exact) mass is 315 g/mol. The molecule has 0 aliphatic heterocycles. The van der Waals surface area contributed by atoms with Gasteiger partial charge in [0.15, 0.2) is 5.13 Å². The van der Waals surface area contributed by atoms with Crippen molar-refractivity contribution in [2.75, 3.05) is 11.9 Å². The van der Waals surface area contributed by atoms with Crippen molar-refractivity contribution < 1.29 is 4.42 Å². The first-order valence-corrected chi connectivity index (χ1v) is 8.32. The van der Waals surface area contributed by atoms with Crippen LogP contribution in [0.5, 0.6) is 0 Å². The Morgan fingerprint density at radius 2 is 2.14 bits per heavy atom. The number of thiazole rings is 1. The van der Waals surface area contributed by atoms with Gasteiger partial charge in [0.25, 0.3) is 0 Å². The molecule has 3 rings (SSSR count). The summed E-state index contributed by atoms with van der Waals surface area (Å²) in [6.45, 7) is 10.2. The molecule has 0 spiro atoms. The molecule has 3 heterocycles. The van der Waals surface area contributed by atoms with E-state index < -0.39 is 0 Å². The number of hydrogen-bond donors (Lipinski definition) is 1. The Kier molecular flexibility index (Phi) is 4.07. The van der Waals surface area contributed by atoms with Gasteiger partial charge in [0, 0.05) is 28.4 Å². The van der Waals surface area contributed by atoms with Crippen molar-refractivity contribution in [1.82, 2.24) is 9.55 Å². The zero-order valence-corrected chi connectivity index (χ0v) is 14.3. The second-order valence-electron chi connectivity index (χ2n) is 5.40. The molecule has 22 heavy (non-hydrogen) atoms. The molecule has 5 heteroatoms. The molecular weight excluding hydrogens is 294 g/mol. The van der Waals surface area contributed by atoms with Crippen molar-refractivity contribution in [1.29, 1.82) is 0 Å². The summed E-state index contributed by atoms with van der Waals surface area (Å²) in [6.07, 6.45) is 1.72. The van der Waals surface area contributed by atoms with Crippen LogP contribution in [0.2, 0.25) is 0 Å². The number of nitrogens with one attached hydrogen (secondary N) is 1. The third-order valence-corrected chi connectivity index (χ3v) is 4.78. The highest BCUT2D eigenvalue weighted by molar-refractivity contribution is 7.16. The summed E-state index contributed by atoms with van der Waals surface area (Å²) >= 11 is 1.71. The van der Waals surface area contributed by atoms with Crippen molar-refractivity contribution in [3.05, 3.63) is 46.5 Å². The van der Waals surface area contributed by atoms with Crippen LogP contribution in [0, 0.1) is 20.8 Å². The summed E-state index contributed by atoms with van der Waals surface area (Å²) in [5.74, 6) is 0.969. The molecule has 0 radical (unpaired) electrons. The predicted octanol–water partition coefficient (Wildman–Crippen LogP) is 4.61. The molecule has 0 fully saturated rings. The Hall–Kier alpha value is -2.01. The lowest BCUT2D eigenvalue weighted by Gasteiger charge is -2.07. The lowest BCUT2D eigenvalue weighted by Crippen LogP contribution is -2.03. The van der Waals surface area contributed by atoms with E-state index in [-0.39, 0.29) is 0 Å². The fourth-order valence-corrected chi connectivity index (χ4v) is 3.61. The normalized spacial score (nSPS) is 11.1. The van der Waals surface area contributed by atoms with E-state index in [0.29, 0.717) is 0 Å². The van der Waals surface area contributed by atoms with Gasteiger partial charge in [-0.25, -0.2) is 4.98 Å². The molecule has 0 saturated carbocycles. The Bertz CT molecular complexity index is 768. The molecule has 0 aliphatic rings. The summed E-state index contributed by atoms with van der Waals surface area (Å²) in [5, 5.41) is 4.29. The van der Waals surface area contributed by atoms with Gasteiger partial charge in [-0.2, -0.15) is 0 Å². The van der Waals surface area contributed by atoms with Gasteiger partial charge in [0.2, 0.25) is 0 Å². The lowest BCUT2D eigenvalue weighted by atomic mass is 10.1. The third kappa shape index (κ3) is 2.68. The van der Waals surface area contributed by atoms with Crippen LogP contribution in [0.25, 0.3) is 11.3 Å². The maximum Gasteiger partial charge on any atom is 0.183 e. The maximum absolute atomic E-state index is 5.48. The smallest absolute Gasteiger partial charge is 0.183 e. The first kappa shape index (κ1) is 14.9. The van der Waals surface area contributed by atoms with E-state index in [1.165, 1.54) is 21.8 Å². The van der Waals surface area contributed by atoms with Crippen LogP contribution >= 0.6 is 11.3 Å². The van der Waals surface area contributed by atoms with Crippen LogP contribution in [0.3, 0.4) is 0 Å². The third-order valence-electron chi connectivity index (χ3n) is 3.85. The molecular formula is C17H21N3OS. The number of hydrogen-bond acceptors (Lipinski definition) is 4. The van der Waals surface area contributed by atoms with Crippen molar-refractivity contribution in [2.24, 2.45) is 0 Å². The summed E-state index contributed by atoms with van der Waals surface area (Å²) in [4.78, 5) is 6.00. The highest BCUT2D eigenvalue weighted by Crippen LogP contribution is 2.34. The molecule has 0 saturated heterocycles. The molecule has 3 aromatic rings. The van der Waals surface area contributed by atoms with Crippen LogP contribution in [0.1, 0.15) is 28.9 Å². The Balaban J connectivity index is 1.98. The van der Waals surface area contributed by atoms with Crippen LogP contribution < -0.4 is 5.32 Å². The molecule has 0 aliphatic carbocycles. The van der Waals surface area contributed by atoms with Gasteiger partial charge in [0.1, 0.15) is 5.76 Å². The lowest BCUT2D eigenvalue weighted by molar-refractivity contribution is 0.489. The van der Waals surface area contributed by atoms with Gasteiger partial charge in [-0.05, 0) is 45.9 Å². The molecule has 4 nitrogen and oxygen atoms in total. The number of rotatable bonds is 5. The highest BCUT2D eigenvalue weighted by Gasteiger charge is 2.17. The molecule has 0 unspecified atom stereocenters. The second-order valence-corrected chi connectivity index (χ2v) is 6.61.